The molecular formula is C17H21ClN2O4S2. The predicted molar refractivity (Wildman–Crippen MR) is 103 cm³/mol. The van der Waals surface area contributed by atoms with Crippen LogP contribution in [0.3, 0.4) is 0 Å². The normalized spacial score (nSPS) is 19.3. The van der Waals surface area contributed by atoms with Crippen molar-refractivity contribution >= 4 is 50.2 Å². The Morgan fingerprint density at radius 3 is 2.88 bits per heavy atom. The third-order valence-electron chi connectivity index (χ3n) is 4.18. The molecule has 2 heterocycles. The molecule has 2 aromatic rings. The molecule has 1 aliphatic rings. The molecule has 0 aliphatic carbocycles. The van der Waals surface area contributed by atoms with Gasteiger partial charge in [-0.15, -0.1) is 0 Å². The Balaban J connectivity index is 1.68. The first-order valence-corrected chi connectivity index (χ1v) is 11.6. The Kier molecular flexibility index (Phi) is 5.84. The Morgan fingerprint density at radius 2 is 2.23 bits per heavy atom. The van der Waals surface area contributed by atoms with Crippen molar-refractivity contribution in [3.8, 4) is 0 Å². The Bertz CT molecular complexity index is 911. The minimum absolute atomic E-state index is 0.0531. The zero-order valence-electron chi connectivity index (χ0n) is 14.6. The number of hydrogen-bond donors (Lipinski definition) is 0. The van der Waals surface area contributed by atoms with Gasteiger partial charge in [-0.1, -0.05) is 37.2 Å². The van der Waals surface area contributed by atoms with Crippen LogP contribution in [-0.2, 0) is 14.6 Å². The third kappa shape index (κ3) is 4.72. The number of carbonyl (C=O) groups is 1. The van der Waals surface area contributed by atoms with E-state index in [9.17, 15) is 13.2 Å². The Morgan fingerprint density at radius 1 is 1.46 bits per heavy atom. The number of benzene rings is 1. The highest BCUT2D eigenvalue weighted by atomic mass is 35.5. The van der Waals surface area contributed by atoms with Crippen molar-refractivity contribution in [1.82, 2.24) is 9.88 Å². The van der Waals surface area contributed by atoms with Crippen LogP contribution in [0.1, 0.15) is 20.3 Å². The molecule has 142 valence electrons. The zero-order chi connectivity index (χ0) is 18.9. The second-order valence-corrected chi connectivity index (χ2v) is 10.5. The average Bonchev–Trinajstić information content (AvgIpc) is 3.12. The number of sulfone groups is 1. The summed E-state index contributed by atoms with van der Waals surface area (Å²) in [7, 11) is -3.04. The summed E-state index contributed by atoms with van der Waals surface area (Å²) in [5.41, 5.74) is 1.26. The van der Waals surface area contributed by atoms with E-state index in [0.29, 0.717) is 34.3 Å². The van der Waals surface area contributed by atoms with Gasteiger partial charge in [-0.2, -0.15) is 0 Å². The van der Waals surface area contributed by atoms with E-state index in [1.807, 2.05) is 13.8 Å². The molecule has 1 saturated heterocycles. The maximum atomic E-state index is 12.7. The molecule has 1 aromatic heterocycles. The molecule has 0 N–H and O–H groups in total. The summed E-state index contributed by atoms with van der Waals surface area (Å²) >= 11 is 7.16. The zero-order valence-corrected chi connectivity index (χ0v) is 17.0. The number of fused-ring (bicyclic) bond motifs is 1. The number of carbonyl (C=O) groups excluding carboxylic acids is 1. The monoisotopic (exact) mass is 416 g/mol. The number of hydrogen-bond acceptors (Lipinski definition) is 6. The maximum Gasteiger partial charge on any atom is 0.257 e. The van der Waals surface area contributed by atoms with E-state index in [1.165, 1.54) is 11.8 Å². The second kappa shape index (κ2) is 7.78. The van der Waals surface area contributed by atoms with E-state index in [2.05, 4.69) is 4.98 Å². The first kappa shape index (κ1) is 19.5. The van der Waals surface area contributed by atoms with Crippen LogP contribution in [-0.4, -0.2) is 54.1 Å². The molecule has 1 aliphatic heterocycles. The number of halogens is 1. The molecule has 1 amide bonds. The van der Waals surface area contributed by atoms with E-state index in [4.69, 9.17) is 16.0 Å². The molecule has 3 rings (SSSR count). The smallest absolute Gasteiger partial charge is 0.257 e. The molecule has 0 radical (unpaired) electrons. The van der Waals surface area contributed by atoms with Gasteiger partial charge in [-0.25, -0.2) is 13.4 Å². The predicted octanol–water partition coefficient (Wildman–Crippen LogP) is 3.25. The van der Waals surface area contributed by atoms with E-state index >= 15 is 0 Å². The minimum atomic E-state index is -3.04. The Labute approximate surface area is 162 Å². The summed E-state index contributed by atoms with van der Waals surface area (Å²) in [6.07, 6.45) is 0.507. The van der Waals surface area contributed by atoms with Crippen LogP contribution in [0.4, 0.5) is 0 Å². The van der Waals surface area contributed by atoms with Crippen LogP contribution < -0.4 is 0 Å². The molecule has 1 fully saturated rings. The first-order valence-electron chi connectivity index (χ1n) is 8.42. The molecule has 6 nitrogen and oxygen atoms in total. The summed E-state index contributed by atoms with van der Waals surface area (Å²) in [5, 5.41) is 0.975. The summed E-state index contributed by atoms with van der Waals surface area (Å²) in [6, 6.07) is 4.93. The fourth-order valence-electron chi connectivity index (χ4n) is 3.02. The highest BCUT2D eigenvalue weighted by Gasteiger charge is 2.34. The second-order valence-electron chi connectivity index (χ2n) is 6.88. The summed E-state index contributed by atoms with van der Waals surface area (Å²) in [5.74, 6) is 0.532. The average molecular weight is 417 g/mol. The van der Waals surface area contributed by atoms with Crippen LogP contribution >= 0.6 is 23.4 Å². The lowest BCUT2D eigenvalue weighted by molar-refractivity contribution is -0.130. The highest BCUT2D eigenvalue weighted by molar-refractivity contribution is 7.99. The molecule has 9 heteroatoms. The molecule has 1 unspecified atom stereocenters. The molecular weight excluding hydrogens is 396 g/mol. The minimum Gasteiger partial charge on any atom is -0.431 e. The van der Waals surface area contributed by atoms with Gasteiger partial charge in [0, 0.05) is 17.6 Å². The van der Waals surface area contributed by atoms with Crippen LogP contribution in [0, 0.1) is 5.92 Å². The van der Waals surface area contributed by atoms with Gasteiger partial charge in [0.15, 0.2) is 15.4 Å². The molecule has 1 aromatic carbocycles. The van der Waals surface area contributed by atoms with Crippen LogP contribution in [0.15, 0.2) is 27.8 Å². The molecule has 1 atom stereocenters. The fraction of sp³-hybridized carbons (Fsp3) is 0.529. The number of oxazole rings is 1. The highest BCUT2D eigenvalue weighted by Crippen LogP contribution is 2.27. The SMILES string of the molecule is CC(C)CN(C(=O)CSc1nc2cc(Cl)ccc2o1)C1CCS(=O)(=O)C1. The summed E-state index contributed by atoms with van der Waals surface area (Å²) < 4.78 is 29.2. The standard InChI is InChI=1S/C17H21ClN2O4S2/c1-11(2)8-20(13-5-6-26(22,23)10-13)16(21)9-25-17-19-14-7-12(18)3-4-15(14)24-17/h3-4,7,11,13H,5-6,8-10H2,1-2H3. The van der Waals surface area contributed by atoms with Gasteiger partial charge in [-0.05, 0) is 30.5 Å². The number of rotatable bonds is 6. The van der Waals surface area contributed by atoms with Gasteiger partial charge in [0.1, 0.15) is 5.52 Å². The lowest BCUT2D eigenvalue weighted by atomic mass is 10.1. The van der Waals surface area contributed by atoms with E-state index < -0.39 is 9.84 Å². The van der Waals surface area contributed by atoms with Crippen LogP contribution in [0.5, 0.6) is 0 Å². The molecule has 26 heavy (non-hydrogen) atoms. The van der Waals surface area contributed by atoms with Gasteiger partial charge in [-0.3, -0.25) is 4.79 Å². The lowest BCUT2D eigenvalue weighted by Gasteiger charge is -2.29. The molecule has 0 saturated carbocycles. The van der Waals surface area contributed by atoms with Gasteiger partial charge >= 0.3 is 0 Å². The van der Waals surface area contributed by atoms with Crippen molar-refractivity contribution in [2.24, 2.45) is 5.92 Å². The van der Waals surface area contributed by atoms with Crippen molar-refractivity contribution in [3.63, 3.8) is 0 Å². The van der Waals surface area contributed by atoms with E-state index in [1.54, 1.807) is 23.1 Å². The Hall–Kier alpha value is -1.25. The summed E-state index contributed by atoms with van der Waals surface area (Å²) in [4.78, 5) is 18.8. The van der Waals surface area contributed by atoms with Crippen molar-refractivity contribution < 1.29 is 17.6 Å². The number of nitrogens with zero attached hydrogens (tertiary/aromatic N) is 2. The van der Waals surface area contributed by atoms with Crippen molar-refractivity contribution in [2.45, 2.75) is 31.5 Å². The lowest BCUT2D eigenvalue weighted by Crippen LogP contribution is -2.44. The van der Waals surface area contributed by atoms with Crippen molar-refractivity contribution in [3.05, 3.63) is 23.2 Å². The number of aromatic nitrogens is 1. The van der Waals surface area contributed by atoms with Crippen molar-refractivity contribution in [1.29, 1.82) is 0 Å². The first-order chi connectivity index (χ1) is 12.2. The van der Waals surface area contributed by atoms with Crippen LogP contribution in [0.25, 0.3) is 11.1 Å². The summed E-state index contributed by atoms with van der Waals surface area (Å²) in [6.45, 7) is 4.57. The number of thioether (sulfide) groups is 1. The van der Waals surface area contributed by atoms with E-state index in [0.717, 1.165) is 0 Å². The van der Waals surface area contributed by atoms with Crippen molar-refractivity contribution in [2.75, 3.05) is 23.8 Å². The topological polar surface area (TPSA) is 80.5 Å². The maximum absolute atomic E-state index is 12.7. The molecule has 0 bridgehead atoms. The molecule has 0 spiro atoms. The van der Waals surface area contributed by atoms with Gasteiger partial charge in [0.05, 0.1) is 17.3 Å². The quantitative estimate of drug-likeness (QED) is 0.672. The third-order valence-corrected chi connectivity index (χ3v) is 6.98. The fourth-order valence-corrected chi connectivity index (χ4v) is 5.64. The van der Waals surface area contributed by atoms with Gasteiger partial charge in [0.2, 0.25) is 5.91 Å². The van der Waals surface area contributed by atoms with Gasteiger partial charge < -0.3 is 9.32 Å². The van der Waals surface area contributed by atoms with E-state index in [-0.39, 0.29) is 35.1 Å². The van der Waals surface area contributed by atoms with Gasteiger partial charge in [0.25, 0.3) is 5.22 Å². The van der Waals surface area contributed by atoms with Crippen LogP contribution in [0.2, 0.25) is 5.02 Å². The largest absolute Gasteiger partial charge is 0.431 e. The number of amides is 1.